The van der Waals surface area contributed by atoms with E-state index in [0.717, 1.165) is 34.7 Å². The van der Waals surface area contributed by atoms with Crippen LogP contribution in [0.1, 0.15) is 49.3 Å². The summed E-state index contributed by atoms with van der Waals surface area (Å²) in [6.07, 6.45) is 4.65. The number of carboxylic acid groups (broad SMARTS) is 1. The van der Waals surface area contributed by atoms with E-state index in [2.05, 4.69) is 30.2 Å². The predicted octanol–water partition coefficient (Wildman–Crippen LogP) is 5.05. The molecule has 0 radical (unpaired) electrons. The van der Waals surface area contributed by atoms with Crippen LogP contribution in [0.3, 0.4) is 0 Å². The first-order valence-electron chi connectivity index (χ1n) is 10.3. The number of benzene rings is 2. The summed E-state index contributed by atoms with van der Waals surface area (Å²) in [7, 11) is 0. The van der Waals surface area contributed by atoms with Crippen LogP contribution >= 0.6 is 11.3 Å². The minimum atomic E-state index is -0.988. The van der Waals surface area contributed by atoms with Gasteiger partial charge in [-0.1, -0.05) is 35.9 Å². The lowest BCUT2D eigenvalue weighted by Gasteiger charge is -2.07. The number of ketones is 1. The van der Waals surface area contributed by atoms with Gasteiger partial charge in [0, 0.05) is 22.7 Å². The highest BCUT2D eigenvalue weighted by molar-refractivity contribution is 7.09. The van der Waals surface area contributed by atoms with Crippen molar-refractivity contribution in [1.29, 1.82) is 0 Å². The third-order valence-electron chi connectivity index (χ3n) is 5.22. The van der Waals surface area contributed by atoms with Crippen molar-refractivity contribution in [2.45, 2.75) is 33.2 Å². The van der Waals surface area contributed by atoms with Gasteiger partial charge in [0.25, 0.3) is 0 Å². The van der Waals surface area contributed by atoms with Gasteiger partial charge in [-0.2, -0.15) is 5.10 Å². The number of aromatic carboxylic acids is 1. The molecule has 2 aromatic heterocycles. The maximum absolute atomic E-state index is 11.4. The van der Waals surface area contributed by atoms with Crippen LogP contribution in [0.2, 0.25) is 0 Å². The molecule has 0 aliphatic carbocycles. The summed E-state index contributed by atoms with van der Waals surface area (Å²) in [6, 6.07) is 14.3. The van der Waals surface area contributed by atoms with E-state index in [1.807, 2.05) is 29.6 Å². The van der Waals surface area contributed by atoms with Crippen molar-refractivity contribution in [3.05, 3.63) is 93.1 Å². The van der Waals surface area contributed by atoms with Gasteiger partial charge in [0.1, 0.15) is 5.01 Å². The molecule has 4 aromatic rings. The Bertz CT molecular complexity index is 1270. The lowest BCUT2D eigenvalue weighted by molar-refractivity contribution is 0.0696. The fourth-order valence-electron chi connectivity index (χ4n) is 3.56. The maximum Gasteiger partial charge on any atom is 0.338 e. The summed E-state index contributed by atoms with van der Waals surface area (Å²) in [4.78, 5) is 27.2. The van der Waals surface area contributed by atoms with Gasteiger partial charge in [0.05, 0.1) is 24.0 Å². The van der Waals surface area contributed by atoms with E-state index < -0.39 is 5.97 Å². The average Bonchev–Trinajstić information content (AvgIpc) is 3.42. The molecule has 0 atom stereocenters. The third kappa shape index (κ3) is 5.18. The van der Waals surface area contributed by atoms with Crippen molar-refractivity contribution >= 4 is 23.1 Å². The van der Waals surface area contributed by atoms with Gasteiger partial charge in [-0.25, -0.2) is 9.78 Å². The molecular weight excluding hydrogens is 422 g/mol. The number of Topliss-reactive ketones (excluding diaryl/α,β-unsaturated/α-hetero) is 1. The van der Waals surface area contributed by atoms with Crippen LogP contribution in [-0.2, 0) is 19.4 Å². The van der Waals surface area contributed by atoms with Crippen LogP contribution in [0, 0.1) is 6.92 Å². The van der Waals surface area contributed by atoms with Crippen molar-refractivity contribution in [2.24, 2.45) is 0 Å². The number of carbonyl (C=O) groups excluding carboxylic acids is 1. The van der Waals surface area contributed by atoms with Crippen LogP contribution in [0.15, 0.2) is 60.2 Å². The molecule has 0 aliphatic heterocycles. The quantitative estimate of drug-likeness (QED) is 0.384. The van der Waals surface area contributed by atoms with Crippen molar-refractivity contribution in [1.82, 2.24) is 14.8 Å². The molecule has 0 aliphatic rings. The van der Waals surface area contributed by atoms with Crippen molar-refractivity contribution in [3.63, 3.8) is 0 Å². The van der Waals surface area contributed by atoms with Crippen LogP contribution in [0.4, 0.5) is 0 Å². The van der Waals surface area contributed by atoms with E-state index in [4.69, 9.17) is 10.1 Å². The van der Waals surface area contributed by atoms with Crippen molar-refractivity contribution < 1.29 is 14.7 Å². The SMILES string of the molecule is CC(=O)c1ccc(CCc2cc(C)cc(-c3csc(Cn4cc(C(=O)O)cn4)n3)c2)cc1. The number of aryl methyl sites for hydroxylation is 3. The molecule has 0 bridgehead atoms. The summed E-state index contributed by atoms with van der Waals surface area (Å²) in [6.45, 7) is 4.10. The minimum Gasteiger partial charge on any atom is -0.478 e. The van der Waals surface area contributed by atoms with Crippen LogP contribution in [0.5, 0.6) is 0 Å². The Labute approximate surface area is 190 Å². The highest BCUT2D eigenvalue weighted by Crippen LogP contribution is 2.25. The van der Waals surface area contributed by atoms with E-state index in [1.165, 1.54) is 40.4 Å². The van der Waals surface area contributed by atoms with Gasteiger partial charge in [-0.3, -0.25) is 9.48 Å². The van der Waals surface area contributed by atoms with Gasteiger partial charge < -0.3 is 5.11 Å². The lowest BCUT2D eigenvalue weighted by atomic mass is 9.98. The molecule has 0 spiro atoms. The number of hydrogen-bond acceptors (Lipinski definition) is 5. The molecule has 0 amide bonds. The summed E-state index contributed by atoms with van der Waals surface area (Å²) in [5, 5.41) is 16.0. The Kier molecular flexibility index (Phi) is 6.28. The summed E-state index contributed by atoms with van der Waals surface area (Å²) in [5.41, 5.74) is 6.50. The monoisotopic (exact) mass is 445 g/mol. The molecule has 6 nitrogen and oxygen atoms in total. The molecular formula is C25H23N3O3S. The molecule has 32 heavy (non-hydrogen) atoms. The minimum absolute atomic E-state index is 0.0809. The van der Waals surface area contributed by atoms with Gasteiger partial charge in [0.15, 0.2) is 5.78 Å². The van der Waals surface area contributed by atoms with Gasteiger partial charge in [-0.05, 0) is 49.9 Å². The molecule has 0 unspecified atom stereocenters. The number of carbonyl (C=O) groups is 2. The second-order valence-corrected chi connectivity index (χ2v) is 8.76. The third-order valence-corrected chi connectivity index (χ3v) is 6.06. The van der Waals surface area contributed by atoms with Gasteiger partial charge >= 0.3 is 5.97 Å². The highest BCUT2D eigenvalue weighted by atomic mass is 32.1. The molecule has 1 N–H and O–H groups in total. The van der Waals surface area contributed by atoms with E-state index in [0.29, 0.717) is 6.54 Å². The fraction of sp³-hybridized carbons (Fsp3) is 0.200. The molecule has 4 rings (SSSR count). The normalized spacial score (nSPS) is 10.9. The number of nitrogens with zero attached hydrogens (tertiary/aromatic N) is 3. The molecule has 2 aromatic carbocycles. The van der Waals surface area contributed by atoms with Crippen LogP contribution in [-0.4, -0.2) is 31.6 Å². The largest absolute Gasteiger partial charge is 0.478 e. The summed E-state index contributed by atoms with van der Waals surface area (Å²) >= 11 is 1.54. The zero-order chi connectivity index (χ0) is 22.7. The number of aromatic nitrogens is 3. The summed E-state index contributed by atoms with van der Waals surface area (Å²) in [5.74, 6) is -0.907. The lowest BCUT2D eigenvalue weighted by Crippen LogP contribution is -2.00. The van der Waals surface area contributed by atoms with Crippen molar-refractivity contribution in [3.8, 4) is 11.3 Å². The topological polar surface area (TPSA) is 85.1 Å². The van der Waals surface area contributed by atoms with Crippen molar-refractivity contribution in [2.75, 3.05) is 0 Å². The Morgan fingerprint density at radius 2 is 1.78 bits per heavy atom. The van der Waals surface area contributed by atoms with E-state index in [-0.39, 0.29) is 11.3 Å². The van der Waals surface area contributed by atoms with Gasteiger partial charge in [-0.15, -0.1) is 11.3 Å². The number of thiazole rings is 1. The fourth-order valence-corrected chi connectivity index (χ4v) is 4.36. The number of hydrogen-bond donors (Lipinski definition) is 1. The first-order chi connectivity index (χ1) is 15.4. The van der Waals surface area contributed by atoms with Crippen LogP contribution in [0.25, 0.3) is 11.3 Å². The molecule has 2 heterocycles. The van der Waals surface area contributed by atoms with Gasteiger partial charge in [0.2, 0.25) is 0 Å². The number of rotatable bonds is 8. The summed E-state index contributed by atoms with van der Waals surface area (Å²) < 4.78 is 1.59. The molecule has 0 saturated carbocycles. The first-order valence-corrected chi connectivity index (χ1v) is 11.2. The Hall–Kier alpha value is -3.58. The standard InChI is InChI=1S/C25H23N3O3S/c1-16-9-19(4-3-18-5-7-20(8-6-18)17(2)29)11-21(10-16)23-15-32-24(27-23)14-28-13-22(12-26-28)25(30)31/h5-13,15H,3-4,14H2,1-2H3,(H,30,31). The Balaban J connectivity index is 1.46. The van der Waals surface area contributed by atoms with E-state index >= 15 is 0 Å². The van der Waals surface area contributed by atoms with Crippen LogP contribution < -0.4 is 0 Å². The Morgan fingerprint density at radius 3 is 2.47 bits per heavy atom. The van der Waals surface area contributed by atoms with E-state index in [1.54, 1.807) is 11.6 Å². The second kappa shape index (κ2) is 9.28. The number of carboxylic acids is 1. The van der Waals surface area contributed by atoms with E-state index in [9.17, 15) is 9.59 Å². The molecule has 0 fully saturated rings. The zero-order valence-corrected chi connectivity index (χ0v) is 18.7. The average molecular weight is 446 g/mol. The predicted molar refractivity (Wildman–Crippen MR) is 124 cm³/mol. The highest BCUT2D eigenvalue weighted by Gasteiger charge is 2.10. The molecule has 7 heteroatoms. The second-order valence-electron chi connectivity index (χ2n) is 7.82. The molecule has 162 valence electrons. The molecule has 0 saturated heterocycles. The Morgan fingerprint density at radius 1 is 1.03 bits per heavy atom. The smallest absolute Gasteiger partial charge is 0.338 e. The zero-order valence-electron chi connectivity index (χ0n) is 17.9. The first kappa shape index (κ1) is 21.6. The maximum atomic E-state index is 11.4.